The Morgan fingerprint density at radius 1 is 1.17 bits per heavy atom. The molecule has 0 saturated carbocycles. The zero-order valence-corrected chi connectivity index (χ0v) is 17.2. The number of ether oxygens (including phenoxy) is 1. The molecule has 2 heterocycles. The molecule has 30 heavy (non-hydrogen) atoms. The number of furan rings is 1. The van der Waals surface area contributed by atoms with Crippen LogP contribution in [-0.2, 0) is 27.4 Å². The van der Waals surface area contributed by atoms with E-state index in [-0.39, 0.29) is 43.6 Å². The molecule has 0 radical (unpaired) electrons. The van der Waals surface area contributed by atoms with Crippen molar-refractivity contribution >= 4 is 34.8 Å². The van der Waals surface area contributed by atoms with Crippen LogP contribution in [0.15, 0.2) is 52.5 Å². The van der Waals surface area contributed by atoms with Gasteiger partial charge in [-0.1, -0.05) is 18.2 Å². The van der Waals surface area contributed by atoms with E-state index >= 15 is 0 Å². The molecular formula is C21H21N3O5S. The van der Waals surface area contributed by atoms with Crippen molar-refractivity contribution in [3.63, 3.8) is 0 Å². The van der Waals surface area contributed by atoms with Gasteiger partial charge in [-0.05, 0) is 30.7 Å². The van der Waals surface area contributed by atoms with Crippen molar-refractivity contribution in [2.75, 3.05) is 11.9 Å². The van der Waals surface area contributed by atoms with E-state index in [4.69, 9.17) is 9.15 Å². The molecule has 0 fully saturated rings. The number of amides is 2. The second kappa shape index (κ2) is 10.4. The average molecular weight is 427 g/mol. The molecular weight excluding hydrogens is 406 g/mol. The van der Waals surface area contributed by atoms with Gasteiger partial charge < -0.3 is 19.8 Å². The lowest BCUT2D eigenvalue weighted by atomic mass is 10.2. The Morgan fingerprint density at radius 3 is 2.77 bits per heavy atom. The first-order valence-corrected chi connectivity index (χ1v) is 10.2. The Balaban J connectivity index is 1.37. The molecule has 8 nitrogen and oxygen atoms in total. The van der Waals surface area contributed by atoms with Gasteiger partial charge in [0.2, 0.25) is 5.91 Å². The number of nitrogens with one attached hydrogen (secondary N) is 2. The second-order valence-corrected chi connectivity index (χ2v) is 7.36. The van der Waals surface area contributed by atoms with E-state index in [0.717, 1.165) is 11.3 Å². The van der Waals surface area contributed by atoms with Crippen molar-refractivity contribution in [3.8, 4) is 0 Å². The highest BCUT2D eigenvalue weighted by atomic mass is 32.1. The molecule has 0 bridgehead atoms. The summed E-state index contributed by atoms with van der Waals surface area (Å²) < 4.78 is 10.1. The minimum Gasteiger partial charge on any atom is -0.459 e. The third-order valence-corrected chi connectivity index (χ3v) is 4.97. The standard InChI is InChI=1S/C21H21N3O5S/c1-14-5-2-3-6-16(14)24-18(25)11-19-23-15(13-30-19)12-29-20(26)8-9-22-21(27)17-7-4-10-28-17/h2-7,10,13H,8-9,11-12H2,1H3,(H,22,27)(H,24,25). The summed E-state index contributed by atoms with van der Waals surface area (Å²) in [6.45, 7) is 2.08. The molecule has 0 aliphatic heterocycles. The molecule has 9 heteroatoms. The van der Waals surface area contributed by atoms with Crippen LogP contribution in [0.25, 0.3) is 0 Å². The summed E-state index contributed by atoms with van der Waals surface area (Å²) >= 11 is 1.33. The molecule has 1 aromatic carbocycles. The number of hydrogen-bond acceptors (Lipinski definition) is 7. The Morgan fingerprint density at radius 2 is 2.00 bits per heavy atom. The van der Waals surface area contributed by atoms with Crippen LogP contribution in [0.2, 0.25) is 0 Å². The Bertz CT molecular complexity index is 1010. The number of para-hydroxylation sites is 1. The Kier molecular flexibility index (Phi) is 7.34. The van der Waals surface area contributed by atoms with Crippen LogP contribution in [-0.4, -0.2) is 29.3 Å². The summed E-state index contributed by atoms with van der Waals surface area (Å²) in [5.74, 6) is -0.818. The van der Waals surface area contributed by atoms with Crippen LogP contribution in [0.5, 0.6) is 0 Å². The first kappa shape index (κ1) is 21.3. The van der Waals surface area contributed by atoms with Crippen molar-refractivity contribution < 1.29 is 23.5 Å². The molecule has 0 saturated heterocycles. The third-order valence-electron chi connectivity index (χ3n) is 4.07. The van der Waals surface area contributed by atoms with Gasteiger partial charge in [-0.15, -0.1) is 11.3 Å². The van der Waals surface area contributed by atoms with Gasteiger partial charge in [0.1, 0.15) is 11.6 Å². The van der Waals surface area contributed by atoms with Gasteiger partial charge in [0.05, 0.1) is 24.8 Å². The van der Waals surface area contributed by atoms with Crippen molar-refractivity contribution in [1.82, 2.24) is 10.3 Å². The lowest BCUT2D eigenvalue weighted by Gasteiger charge is -2.06. The van der Waals surface area contributed by atoms with E-state index in [9.17, 15) is 14.4 Å². The van der Waals surface area contributed by atoms with Crippen molar-refractivity contribution in [2.24, 2.45) is 0 Å². The average Bonchev–Trinajstić information content (AvgIpc) is 3.40. The third kappa shape index (κ3) is 6.28. The van der Waals surface area contributed by atoms with Gasteiger partial charge in [-0.25, -0.2) is 4.98 Å². The van der Waals surface area contributed by atoms with E-state index in [1.165, 1.54) is 23.7 Å². The quantitative estimate of drug-likeness (QED) is 0.508. The SMILES string of the molecule is Cc1ccccc1NC(=O)Cc1nc(COC(=O)CCNC(=O)c2ccco2)cs1. The number of anilines is 1. The van der Waals surface area contributed by atoms with Crippen molar-refractivity contribution in [1.29, 1.82) is 0 Å². The minimum atomic E-state index is -0.457. The predicted octanol–water partition coefficient (Wildman–Crippen LogP) is 3.09. The second-order valence-electron chi connectivity index (χ2n) is 6.42. The van der Waals surface area contributed by atoms with Crippen LogP contribution in [0.3, 0.4) is 0 Å². The predicted molar refractivity (Wildman–Crippen MR) is 111 cm³/mol. The van der Waals surface area contributed by atoms with E-state index in [2.05, 4.69) is 15.6 Å². The monoisotopic (exact) mass is 427 g/mol. The molecule has 2 aromatic heterocycles. The highest BCUT2D eigenvalue weighted by molar-refractivity contribution is 7.09. The number of carbonyl (C=O) groups excluding carboxylic acids is 3. The van der Waals surface area contributed by atoms with E-state index in [1.54, 1.807) is 11.4 Å². The molecule has 3 aromatic rings. The lowest BCUT2D eigenvalue weighted by molar-refractivity contribution is -0.144. The topological polar surface area (TPSA) is 111 Å². The molecule has 0 aliphatic rings. The van der Waals surface area contributed by atoms with Gasteiger partial charge in [0, 0.05) is 17.6 Å². The normalized spacial score (nSPS) is 10.4. The first-order valence-electron chi connectivity index (χ1n) is 9.27. The maximum absolute atomic E-state index is 12.2. The fraction of sp³-hybridized carbons (Fsp3) is 0.238. The van der Waals surface area contributed by atoms with Crippen LogP contribution in [0, 0.1) is 6.92 Å². The summed E-state index contributed by atoms with van der Waals surface area (Å²) in [4.78, 5) is 40.0. The molecule has 0 spiro atoms. The summed E-state index contributed by atoms with van der Waals surface area (Å²) in [6.07, 6.45) is 1.58. The maximum atomic E-state index is 12.2. The van der Waals surface area contributed by atoms with Gasteiger partial charge >= 0.3 is 5.97 Å². The van der Waals surface area contributed by atoms with Crippen LogP contribution in [0.4, 0.5) is 5.69 Å². The van der Waals surface area contributed by atoms with Gasteiger partial charge in [-0.2, -0.15) is 0 Å². The zero-order valence-electron chi connectivity index (χ0n) is 16.3. The maximum Gasteiger partial charge on any atom is 0.307 e. The van der Waals surface area contributed by atoms with Crippen molar-refractivity contribution in [2.45, 2.75) is 26.4 Å². The molecule has 156 valence electrons. The van der Waals surface area contributed by atoms with Gasteiger partial charge in [0.15, 0.2) is 5.76 Å². The number of aryl methyl sites for hydroxylation is 1. The Hall–Kier alpha value is -3.46. The molecule has 2 amide bonds. The number of thiazole rings is 1. The number of aromatic nitrogens is 1. The summed E-state index contributed by atoms with van der Waals surface area (Å²) in [7, 11) is 0. The largest absolute Gasteiger partial charge is 0.459 e. The van der Waals surface area contributed by atoms with Crippen LogP contribution < -0.4 is 10.6 Å². The summed E-state index contributed by atoms with van der Waals surface area (Å²) in [5.41, 5.74) is 2.33. The molecule has 0 aliphatic carbocycles. The van der Waals surface area contributed by atoms with E-state index in [0.29, 0.717) is 10.7 Å². The number of rotatable bonds is 9. The Labute approximate surface area is 177 Å². The van der Waals surface area contributed by atoms with Gasteiger partial charge in [0.25, 0.3) is 5.91 Å². The highest BCUT2D eigenvalue weighted by Gasteiger charge is 2.12. The van der Waals surface area contributed by atoms with Crippen LogP contribution in [0.1, 0.15) is 33.2 Å². The number of benzene rings is 1. The minimum absolute atomic E-state index is 0.0148. The number of nitrogens with zero attached hydrogens (tertiary/aromatic N) is 1. The number of hydrogen-bond donors (Lipinski definition) is 2. The smallest absolute Gasteiger partial charge is 0.307 e. The molecule has 2 N–H and O–H groups in total. The van der Waals surface area contributed by atoms with E-state index < -0.39 is 5.97 Å². The molecule has 3 rings (SSSR count). The zero-order chi connectivity index (χ0) is 21.3. The number of carbonyl (C=O) groups is 3. The highest BCUT2D eigenvalue weighted by Crippen LogP contribution is 2.16. The summed E-state index contributed by atoms with van der Waals surface area (Å²) in [5, 5.41) is 7.82. The molecule has 0 unspecified atom stereocenters. The fourth-order valence-electron chi connectivity index (χ4n) is 2.54. The lowest BCUT2D eigenvalue weighted by Crippen LogP contribution is -2.26. The molecule has 0 atom stereocenters. The number of esters is 1. The van der Waals surface area contributed by atoms with Crippen LogP contribution >= 0.6 is 11.3 Å². The fourth-order valence-corrected chi connectivity index (χ4v) is 3.32. The first-order chi connectivity index (χ1) is 14.5. The van der Waals surface area contributed by atoms with Gasteiger partial charge in [-0.3, -0.25) is 14.4 Å². The summed E-state index contributed by atoms with van der Waals surface area (Å²) in [6, 6.07) is 10.7. The van der Waals surface area contributed by atoms with E-state index in [1.807, 2.05) is 31.2 Å². The van der Waals surface area contributed by atoms with Crippen molar-refractivity contribution in [3.05, 3.63) is 70.1 Å².